The number of halogens is 1. The van der Waals surface area contributed by atoms with E-state index in [0.717, 1.165) is 25.1 Å². The van der Waals surface area contributed by atoms with Gasteiger partial charge in [-0.2, -0.15) is 8.42 Å². The van der Waals surface area contributed by atoms with Gasteiger partial charge in [0.1, 0.15) is 6.04 Å². The molecule has 0 saturated carbocycles. The largest absolute Gasteiger partial charge is 0.468 e. The summed E-state index contributed by atoms with van der Waals surface area (Å²) < 4.78 is 36.6. The number of rotatable bonds is 3. The fourth-order valence-corrected chi connectivity index (χ4v) is 3.90. The lowest BCUT2D eigenvalue weighted by atomic mass is 10.0. The first-order valence-electron chi connectivity index (χ1n) is 8.93. The molecule has 0 unspecified atom stereocenters. The fourth-order valence-electron chi connectivity index (χ4n) is 2.77. The summed E-state index contributed by atoms with van der Waals surface area (Å²) >= 11 is 8.07. The summed E-state index contributed by atoms with van der Waals surface area (Å²) in [6.45, 7) is 5.03. The molecule has 0 saturated heterocycles. The van der Waals surface area contributed by atoms with Crippen LogP contribution in [0.15, 0.2) is 35.7 Å². The molecule has 1 aliphatic rings. The van der Waals surface area contributed by atoms with Crippen LogP contribution in [-0.2, 0) is 32.9 Å². The first-order valence-corrected chi connectivity index (χ1v) is 11.6. The zero-order valence-electron chi connectivity index (χ0n) is 16.9. The third kappa shape index (κ3) is 9.52. The van der Waals surface area contributed by atoms with Crippen molar-refractivity contribution in [3.63, 3.8) is 0 Å². The molecular weight excluding hydrogens is 454 g/mol. The van der Waals surface area contributed by atoms with Crippen molar-refractivity contribution in [3.8, 4) is 0 Å². The molecule has 0 aliphatic carbocycles. The monoisotopic (exact) mass is 479 g/mol. The summed E-state index contributed by atoms with van der Waals surface area (Å²) in [5, 5.41) is 10.8. The zero-order valence-corrected chi connectivity index (χ0v) is 19.2. The Morgan fingerprint density at radius 1 is 1.23 bits per heavy atom. The van der Waals surface area contributed by atoms with E-state index in [1.807, 2.05) is 24.3 Å². The quantitative estimate of drug-likeness (QED) is 0.452. The second-order valence-corrected chi connectivity index (χ2v) is 8.88. The first-order chi connectivity index (χ1) is 13.9. The minimum atomic E-state index is -4.67. The Labute approximate surface area is 185 Å². The number of nitrogens with zero attached hydrogens (tertiary/aromatic N) is 1. The molecule has 0 bridgehead atoms. The molecule has 2 heterocycles. The lowest BCUT2D eigenvalue weighted by molar-refractivity contribution is -0.147. The Morgan fingerprint density at radius 3 is 2.33 bits per heavy atom. The predicted octanol–water partition coefficient (Wildman–Crippen LogP) is 3.41. The van der Waals surface area contributed by atoms with Crippen LogP contribution < -0.4 is 0 Å². The molecular formula is C19H26ClNO7S2. The standard InChI is InChI=1S/C16H16ClNO2S.C3H8O.H2O4S/c1-20-16(19)15(12-4-2-3-5-13(12)17)18-8-6-14-11(10-18)7-9-21-14;1-3(2)4;1-5(2,3)4/h2-5,7,9,15H,6,8,10H2,1H3;3-4H,1-2H3;(H2,1,2,3,4)/t15-;;/m0../s1. The molecule has 30 heavy (non-hydrogen) atoms. The number of hydrogen-bond donors (Lipinski definition) is 3. The lowest BCUT2D eigenvalue weighted by Crippen LogP contribution is -2.38. The maximum Gasteiger partial charge on any atom is 0.394 e. The second-order valence-electron chi connectivity index (χ2n) is 6.58. The summed E-state index contributed by atoms with van der Waals surface area (Å²) in [7, 11) is -3.24. The van der Waals surface area contributed by atoms with Gasteiger partial charge in [-0.05, 0) is 48.9 Å². The minimum Gasteiger partial charge on any atom is -0.468 e. The van der Waals surface area contributed by atoms with Crippen LogP contribution in [-0.4, -0.2) is 53.3 Å². The van der Waals surface area contributed by atoms with Gasteiger partial charge in [-0.1, -0.05) is 29.8 Å². The Bertz CT molecular complexity index is 904. The van der Waals surface area contributed by atoms with E-state index in [0.29, 0.717) is 5.02 Å². The summed E-state index contributed by atoms with van der Waals surface area (Å²) in [6.07, 6.45) is 0.797. The van der Waals surface area contributed by atoms with Gasteiger partial charge < -0.3 is 9.84 Å². The Morgan fingerprint density at radius 2 is 1.80 bits per heavy atom. The Balaban J connectivity index is 0.000000425. The maximum atomic E-state index is 12.3. The predicted molar refractivity (Wildman–Crippen MR) is 116 cm³/mol. The van der Waals surface area contributed by atoms with Crippen molar-refractivity contribution < 1.29 is 32.2 Å². The average Bonchev–Trinajstić information content (AvgIpc) is 3.09. The number of fused-ring (bicyclic) bond motifs is 1. The maximum absolute atomic E-state index is 12.3. The smallest absolute Gasteiger partial charge is 0.394 e. The van der Waals surface area contributed by atoms with Gasteiger partial charge in [-0.25, -0.2) is 4.79 Å². The van der Waals surface area contributed by atoms with Crippen molar-refractivity contribution in [2.75, 3.05) is 13.7 Å². The normalized spacial score (nSPS) is 14.5. The molecule has 0 spiro atoms. The van der Waals surface area contributed by atoms with E-state index in [9.17, 15) is 4.79 Å². The molecule has 11 heteroatoms. The molecule has 1 atom stereocenters. The van der Waals surface area contributed by atoms with Gasteiger partial charge in [0.25, 0.3) is 0 Å². The Hall–Kier alpha value is -1.53. The van der Waals surface area contributed by atoms with Gasteiger partial charge in [0, 0.05) is 29.1 Å². The third-order valence-electron chi connectivity index (χ3n) is 3.83. The molecule has 3 rings (SSSR count). The average molecular weight is 480 g/mol. The van der Waals surface area contributed by atoms with Gasteiger partial charge >= 0.3 is 16.4 Å². The fraction of sp³-hybridized carbons (Fsp3) is 0.421. The van der Waals surface area contributed by atoms with Crippen molar-refractivity contribution >= 4 is 39.3 Å². The van der Waals surface area contributed by atoms with Crippen LogP contribution in [0.5, 0.6) is 0 Å². The van der Waals surface area contributed by atoms with Gasteiger partial charge in [0.15, 0.2) is 0 Å². The number of thiophene rings is 1. The Kier molecular flexibility index (Phi) is 10.9. The van der Waals surface area contributed by atoms with E-state index in [1.54, 1.807) is 25.2 Å². The van der Waals surface area contributed by atoms with Crippen LogP contribution in [0.25, 0.3) is 0 Å². The number of carbonyl (C=O) groups excluding carboxylic acids is 1. The molecule has 168 valence electrons. The molecule has 0 radical (unpaired) electrons. The SMILES string of the molecule is CC(C)O.COC(=O)[C@H](c1ccccc1Cl)N1CCc2sccc2C1.O=S(=O)(O)O. The molecule has 1 aromatic carbocycles. The molecule has 2 aromatic rings. The van der Waals surface area contributed by atoms with E-state index in [1.165, 1.54) is 17.6 Å². The van der Waals surface area contributed by atoms with E-state index >= 15 is 0 Å². The summed E-state index contributed by atoms with van der Waals surface area (Å²) in [5.74, 6) is -0.262. The summed E-state index contributed by atoms with van der Waals surface area (Å²) in [5.41, 5.74) is 2.11. The van der Waals surface area contributed by atoms with Crippen molar-refractivity contribution in [1.82, 2.24) is 4.90 Å². The van der Waals surface area contributed by atoms with Gasteiger partial charge in [0.05, 0.1) is 7.11 Å². The number of benzene rings is 1. The lowest BCUT2D eigenvalue weighted by Gasteiger charge is -2.33. The molecule has 1 aliphatic heterocycles. The highest BCUT2D eigenvalue weighted by molar-refractivity contribution is 7.79. The number of aliphatic hydroxyl groups excluding tert-OH is 1. The minimum absolute atomic E-state index is 0.167. The highest BCUT2D eigenvalue weighted by Crippen LogP contribution is 2.33. The highest BCUT2D eigenvalue weighted by atomic mass is 35.5. The van der Waals surface area contributed by atoms with Crippen LogP contribution in [0.2, 0.25) is 5.02 Å². The van der Waals surface area contributed by atoms with E-state index in [-0.39, 0.29) is 12.1 Å². The molecule has 8 nitrogen and oxygen atoms in total. The van der Waals surface area contributed by atoms with Crippen molar-refractivity contribution in [3.05, 3.63) is 56.7 Å². The van der Waals surface area contributed by atoms with E-state index < -0.39 is 16.4 Å². The van der Waals surface area contributed by atoms with Crippen molar-refractivity contribution in [2.24, 2.45) is 0 Å². The van der Waals surface area contributed by atoms with Gasteiger partial charge in [-0.15, -0.1) is 11.3 Å². The van der Waals surface area contributed by atoms with Gasteiger partial charge in [0.2, 0.25) is 0 Å². The van der Waals surface area contributed by atoms with E-state index in [4.69, 9.17) is 39.0 Å². The summed E-state index contributed by atoms with van der Waals surface area (Å²) in [6, 6.07) is 9.16. The molecule has 1 aromatic heterocycles. The number of carbonyl (C=O) groups is 1. The van der Waals surface area contributed by atoms with Crippen LogP contribution in [0, 0.1) is 0 Å². The molecule has 0 amide bonds. The summed E-state index contributed by atoms with van der Waals surface area (Å²) in [4.78, 5) is 15.8. The first kappa shape index (κ1) is 26.5. The van der Waals surface area contributed by atoms with Crippen molar-refractivity contribution in [1.29, 1.82) is 0 Å². The van der Waals surface area contributed by atoms with Crippen LogP contribution in [0.1, 0.15) is 35.9 Å². The highest BCUT2D eigenvalue weighted by Gasteiger charge is 2.32. The molecule has 3 N–H and O–H groups in total. The van der Waals surface area contributed by atoms with Crippen LogP contribution >= 0.6 is 22.9 Å². The topological polar surface area (TPSA) is 124 Å². The van der Waals surface area contributed by atoms with Crippen LogP contribution in [0.4, 0.5) is 0 Å². The number of methoxy groups -OCH3 is 1. The van der Waals surface area contributed by atoms with E-state index in [2.05, 4.69) is 16.3 Å². The number of esters is 1. The van der Waals surface area contributed by atoms with Crippen molar-refractivity contribution in [2.45, 2.75) is 39.0 Å². The number of aliphatic hydroxyl groups is 1. The zero-order chi connectivity index (χ0) is 22.9. The van der Waals surface area contributed by atoms with Crippen LogP contribution in [0.3, 0.4) is 0 Å². The number of ether oxygens (including phenoxy) is 1. The van der Waals surface area contributed by atoms with Gasteiger partial charge in [-0.3, -0.25) is 14.0 Å². The number of hydrogen-bond acceptors (Lipinski definition) is 7. The third-order valence-corrected chi connectivity index (χ3v) is 5.19. The molecule has 0 fully saturated rings. The second kappa shape index (κ2) is 12.4.